The number of rotatable bonds is 2. The number of aromatic hydroxyl groups is 1. The molecule has 0 aromatic heterocycles. The zero-order valence-corrected chi connectivity index (χ0v) is 15.0. The summed E-state index contributed by atoms with van der Waals surface area (Å²) in [5.41, 5.74) is 6.66. The summed E-state index contributed by atoms with van der Waals surface area (Å²) in [4.78, 5) is 0. The first-order chi connectivity index (χ1) is 9.72. The van der Waals surface area contributed by atoms with Crippen molar-refractivity contribution in [3.05, 3.63) is 52.6 Å². The third-order valence-corrected chi connectivity index (χ3v) is 4.34. The van der Waals surface area contributed by atoms with Gasteiger partial charge in [-0.25, -0.2) is 0 Å². The van der Waals surface area contributed by atoms with E-state index >= 15 is 0 Å². The van der Waals surface area contributed by atoms with Gasteiger partial charge < -0.3 is 5.11 Å². The zero-order valence-electron chi connectivity index (χ0n) is 13.4. The summed E-state index contributed by atoms with van der Waals surface area (Å²) in [5, 5.41) is 11.2. The third kappa shape index (κ3) is 3.49. The summed E-state index contributed by atoms with van der Waals surface area (Å²) in [5.74, 6) is 0.380. The van der Waals surface area contributed by atoms with Crippen molar-refractivity contribution in [2.24, 2.45) is 0 Å². The zero-order chi connectivity index (χ0) is 15.8. The lowest BCUT2D eigenvalue weighted by Crippen LogP contribution is -2.11. The quantitative estimate of drug-likeness (QED) is 0.674. The number of hydrogen-bond donors (Lipinski definition) is 1. The van der Waals surface area contributed by atoms with Gasteiger partial charge >= 0.3 is 0 Å². The van der Waals surface area contributed by atoms with Crippen molar-refractivity contribution in [2.75, 3.05) is 0 Å². The van der Waals surface area contributed by atoms with Gasteiger partial charge in [-0.15, -0.1) is 0 Å². The standard InChI is InChI=1S/C19H23BrO/c1-12-6-13(2)8-14(7-12)17-10-16(19(3,4)5)9-15(11-20)18(17)21/h6-10,21H,11H2,1-5H3. The second kappa shape index (κ2) is 5.84. The van der Waals surface area contributed by atoms with Gasteiger partial charge in [0.05, 0.1) is 0 Å². The van der Waals surface area contributed by atoms with Gasteiger partial charge in [-0.2, -0.15) is 0 Å². The molecule has 0 atom stereocenters. The molecule has 0 radical (unpaired) electrons. The Morgan fingerprint density at radius 2 is 1.52 bits per heavy atom. The highest BCUT2D eigenvalue weighted by Crippen LogP contribution is 2.38. The first kappa shape index (κ1) is 16.1. The van der Waals surface area contributed by atoms with Crippen molar-refractivity contribution in [1.82, 2.24) is 0 Å². The predicted octanol–water partition coefficient (Wildman–Crippen LogP) is 5.87. The first-order valence-electron chi connectivity index (χ1n) is 7.23. The minimum Gasteiger partial charge on any atom is -0.507 e. The van der Waals surface area contributed by atoms with Crippen LogP contribution in [-0.4, -0.2) is 5.11 Å². The van der Waals surface area contributed by atoms with E-state index in [1.807, 2.05) is 0 Å². The van der Waals surface area contributed by atoms with Gasteiger partial charge in [0.1, 0.15) is 5.75 Å². The van der Waals surface area contributed by atoms with Gasteiger partial charge in [0, 0.05) is 16.5 Å². The Balaban J connectivity index is 2.72. The maximum absolute atomic E-state index is 10.6. The summed E-state index contributed by atoms with van der Waals surface area (Å²) >= 11 is 3.48. The highest BCUT2D eigenvalue weighted by molar-refractivity contribution is 9.08. The predicted molar refractivity (Wildman–Crippen MR) is 94.3 cm³/mol. The Morgan fingerprint density at radius 3 is 2.00 bits per heavy atom. The maximum atomic E-state index is 10.6. The van der Waals surface area contributed by atoms with Crippen LogP contribution in [-0.2, 0) is 10.7 Å². The molecule has 1 nitrogen and oxygen atoms in total. The molecule has 0 amide bonds. The third-order valence-electron chi connectivity index (χ3n) is 3.73. The summed E-state index contributed by atoms with van der Waals surface area (Å²) in [6, 6.07) is 10.6. The molecule has 2 heteroatoms. The van der Waals surface area contributed by atoms with E-state index in [0.29, 0.717) is 11.1 Å². The van der Waals surface area contributed by atoms with E-state index in [4.69, 9.17) is 0 Å². The molecule has 112 valence electrons. The van der Waals surface area contributed by atoms with Crippen molar-refractivity contribution < 1.29 is 5.11 Å². The van der Waals surface area contributed by atoms with Crippen LogP contribution in [0.3, 0.4) is 0 Å². The number of benzene rings is 2. The number of phenolic OH excluding ortho intramolecular Hbond substituents is 1. The molecule has 0 aliphatic carbocycles. The van der Waals surface area contributed by atoms with Gasteiger partial charge in [-0.1, -0.05) is 72.1 Å². The second-order valence-electron chi connectivity index (χ2n) is 6.79. The summed E-state index contributed by atoms with van der Waals surface area (Å²) in [7, 11) is 0. The SMILES string of the molecule is Cc1cc(C)cc(-c2cc(C(C)(C)C)cc(CBr)c2O)c1. The Morgan fingerprint density at radius 1 is 0.952 bits per heavy atom. The number of alkyl halides is 1. The molecule has 0 saturated heterocycles. The number of halogens is 1. The monoisotopic (exact) mass is 346 g/mol. The Labute approximate surface area is 136 Å². The van der Waals surface area contributed by atoms with Crippen LogP contribution in [0.1, 0.15) is 43.0 Å². The lowest BCUT2D eigenvalue weighted by Gasteiger charge is -2.22. The molecule has 0 bridgehead atoms. The Kier molecular flexibility index (Phi) is 4.48. The molecule has 21 heavy (non-hydrogen) atoms. The highest BCUT2D eigenvalue weighted by Gasteiger charge is 2.19. The van der Waals surface area contributed by atoms with Gasteiger partial charge in [-0.05, 0) is 36.5 Å². The van der Waals surface area contributed by atoms with Crippen molar-refractivity contribution in [1.29, 1.82) is 0 Å². The van der Waals surface area contributed by atoms with Crippen molar-refractivity contribution in [3.8, 4) is 16.9 Å². The van der Waals surface area contributed by atoms with Crippen LogP contribution in [0.5, 0.6) is 5.75 Å². The van der Waals surface area contributed by atoms with E-state index < -0.39 is 0 Å². The van der Waals surface area contributed by atoms with Crippen LogP contribution in [0.2, 0.25) is 0 Å². The molecule has 0 aliphatic heterocycles. The van der Waals surface area contributed by atoms with Crippen molar-refractivity contribution in [3.63, 3.8) is 0 Å². The fourth-order valence-corrected chi connectivity index (χ4v) is 3.01. The van der Waals surface area contributed by atoms with Gasteiger partial charge in [0.25, 0.3) is 0 Å². The summed E-state index contributed by atoms with van der Waals surface area (Å²) in [6.45, 7) is 10.8. The molecule has 0 fully saturated rings. The molecular formula is C19H23BrO. The van der Waals surface area contributed by atoms with Crippen LogP contribution in [0, 0.1) is 13.8 Å². The molecule has 2 rings (SSSR count). The molecule has 0 heterocycles. The fraction of sp³-hybridized carbons (Fsp3) is 0.368. The molecule has 1 N–H and O–H groups in total. The van der Waals surface area contributed by atoms with Crippen LogP contribution in [0.25, 0.3) is 11.1 Å². The molecule has 0 spiro atoms. The van der Waals surface area contributed by atoms with Gasteiger partial charge in [-0.3, -0.25) is 0 Å². The minimum atomic E-state index is 0.0538. The van der Waals surface area contributed by atoms with Crippen LogP contribution >= 0.6 is 15.9 Å². The van der Waals surface area contributed by atoms with Crippen molar-refractivity contribution in [2.45, 2.75) is 45.4 Å². The van der Waals surface area contributed by atoms with Crippen molar-refractivity contribution >= 4 is 15.9 Å². The minimum absolute atomic E-state index is 0.0538. The lowest BCUT2D eigenvalue weighted by molar-refractivity contribution is 0.471. The molecule has 2 aromatic carbocycles. The molecule has 0 unspecified atom stereocenters. The second-order valence-corrected chi connectivity index (χ2v) is 7.35. The topological polar surface area (TPSA) is 20.2 Å². The summed E-state index contributed by atoms with van der Waals surface area (Å²) < 4.78 is 0. The van der Waals surface area contributed by atoms with E-state index in [1.165, 1.54) is 16.7 Å². The van der Waals surface area contributed by atoms with E-state index in [2.05, 4.69) is 80.9 Å². The fourth-order valence-electron chi connectivity index (χ4n) is 2.58. The average Bonchev–Trinajstić information content (AvgIpc) is 2.36. The van der Waals surface area contributed by atoms with E-state index in [1.54, 1.807) is 0 Å². The van der Waals surface area contributed by atoms with E-state index in [9.17, 15) is 5.11 Å². The molecular weight excluding hydrogens is 324 g/mol. The number of hydrogen-bond acceptors (Lipinski definition) is 1. The molecule has 0 saturated carbocycles. The molecule has 0 aliphatic rings. The molecule has 2 aromatic rings. The van der Waals surface area contributed by atoms with Crippen LogP contribution < -0.4 is 0 Å². The van der Waals surface area contributed by atoms with E-state index in [0.717, 1.165) is 16.7 Å². The number of aryl methyl sites for hydroxylation is 2. The van der Waals surface area contributed by atoms with Crippen LogP contribution in [0.4, 0.5) is 0 Å². The normalized spacial score (nSPS) is 11.7. The first-order valence-corrected chi connectivity index (χ1v) is 8.35. The number of phenols is 1. The average molecular weight is 347 g/mol. The largest absolute Gasteiger partial charge is 0.507 e. The van der Waals surface area contributed by atoms with Gasteiger partial charge in [0.15, 0.2) is 0 Å². The summed E-state index contributed by atoms with van der Waals surface area (Å²) in [6.07, 6.45) is 0. The maximum Gasteiger partial charge on any atom is 0.127 e. The Bertz CT molecular complexity index is 646. The highest BCUT2D eigenvalue weighted by atomic mass is 79.9. The van der Waals surface area contributed by atoms with Crippen LogP contribution in [0.15, 0.2) is 30.3 Å². The van der Waals surface area contributed by atoms with Gasteiger partial charge in [0.2, 0.25) is 0 Å². The van der Waals surface area contributed by atoms with E-state index in [-0.39, 0.29) is 5.41 Å². The lowest BCUT2D eigenvalue weighted by atomic mass is 9.83. The smallest absolute Gasteiger partial charge is 0.127 e. The Hall–Kier alpha value is -1.28.